The predicted molar refractivity (Wildman–Crippen MR) is 111 cm³/mol. The van der Waals surface area contributed by atoms with Crippen molar-refractivity contribution in [1.82, 2.24) is 4.90 Å². The van der Waals surface area contributed by atoms with Crippen molar-refractivity contribution in [3.63, 3.8) is 0 Å². The first kappa shape index (κ1) is 19.5. The molecule has 7 heteroatoms. The summed E-state index contributed by atoms with van der Waals surface area (Å²) in [5.41, 5.74) is 1.74. The van der Waals surface area contributed by atoms with Crippen molar-refractivity contribution in [1.29, 1.82) is 0 Å². The van der Waals surface area contributed by atoms with Crippen molar-refractivity contribution in [3.8, 4) is 0 Å². The van der Waals surface area contributed by atoms with Crippen LogP contribution in [0.3, 0.4) is 0 Å². The molecule has 0 aliphatic carbocycles. The second kappa shape index (κ2) is 7.91. The minimum atomic E-state index is -0.676. The summed E-state index contributed by atoms with van der Waals surface area (Å²) in [6, 6.07) is 18.3. The Morgan fingerprint density at radius 1 is 1.14 bits per heavy atom. The standard InChI is InChI=1S/C22H22N2O4S/c1-23(17-10-6-3-7-11-17)20(26)14-28-21(27)18-15-29-22(13-12-19(25)24(18)22)16-8-4-2-5-9-16/h2-11,18H,12-15H2,1H3/t18-,22+/m0/s1. The monoisotopic (exact) mass is 410 g/mol. The van der Waals surface area contributed by atoms with Crippen LogP contribution in [0.25, 0.3) is 0 Å². The van der Waals surface area contributed by atoms with Gasteiger partial charge in [-0.1, -0.05) is 48.5 Å². The average molecular weight is 410 g/mol. The zero-order valence-electron chi connectivity index (χ0n) is 16.1. The van der Waals surface area contributed by atoms with E-state index in [1.807, 2.05) is 60.7 Å². The largest absolute Gasteiger partial charge is 0.454 e. The molecule has 0 aromatic heterocycles. The lowest BCUT2D eigenvalue weighted by Gasteiger charge is -2.33. The van der Waals surface area contributed by atoms with Gasteiger partial charge in [0.25, 0.3) is 5.91 Å². The van der Waals surface area contributed by atoms with Gasteiger partial charge < -0.3 is 14.5 Å². The van der Waals surface area contributed by atoms with Gasteiger partial charge >= 0.3 is 5.97 Å². The van der Waals surface area contributed by atoms with Gasteiger partial charge in [-0.25, -0.2) is 4.79 Å². The molecule has 0 radical (unpaired) electrons. The molecule has 0 spiro atoms. The Balaban J connectivity index is 1.44. The van der Waals surface area contributed by atoms with Crippen LogP contribution in [0.4, 0.5) is 5.69 Å². The second-order valence-electron chi connectivity index (χ2n) is 7.14. The van der Waals surface area contributed by atoms with Crippen molar-refractivity contribution in [2.24, 2.45) is 0 Å². The fourth-order valence-electron chi connectivity index (χ4n) is 3.94. The zero-order chi connectivity index (χ0) is 20.4. The Kier molecular flexibility index (Phi) is 5.32. The number of nitrogens with zero attached hydrogens (tertiary/aromatic N) is 2. The first-order valence-electron chi connectivity index (χ1n) is 9.53. The van der Waals surface area contributed by atoms with Crippen LogP contribution in [0.5, 0.6) is 0 Å². The van der Waals surface area contributed by atoms with E-state index in [2.05, 4.69) is 0 Å². The summed E-state index contributed by atoms with van der Waals surface area (Å²) in [5.74, 6) is -0.437. The number of carbonyl (C=O) groups excluding carboxylic acids is 3. The molecule has 29 heavy (non-hydrogen) atoms. The van der Waals surface area contributed by atoms with Crippen LogP contribution >= 0.6 is 11.8 Å². The number of rotatable bonds is 5. The average Bonchev–Trinajstić information content (AvgIpc) is 3.32. The third-order valence-corrected chi connectivity index (χ3v) is 7.08. The maximum Gasteiger partial charge on any atom is 0.330 e. The molecule has 2 aliphatic heterocycles. The lowest BCUT2D eigenvalue weighted by Crippen LogP contribution is -2.47. The molecule has 150 valence electrons. The van der Waals surface area contributed by atoms with Crippen LogP contribution < -0.4 is 4.90 Å². The number of para-hydroxylation sites is 1. The van der Waals surface area contributed by atoms with Crippen LogP contribution in [-0.4, -0.2) is 48.1 Å². The quantitative estimate of drug-likeness (QED) is 0.709. The van der Waals surface area contributed by atoms with Gasteiger partial charge in [0.1, 0.15) is 10.9 Å². The molecule has 6 nitrogen and oxygen atoms in total. The van der Waals surface area contributed by atoms with E-state index >= 15 is 0 Å². The second-order valence-corrected chi connectivity index (χ2v) is 8.43. The molecule has 2 fully saturated rings. The van der Waals surface area contributed by atoms with E-state index in [-0.39, 0.29) is 18.4 Å². The number of likely N-dealkylation sites (N-methyl/N-ethyl adjacent to an activating group) is 1. The molecule has 0 N–H and O–H groups in total. The smallest absolute Gasteiger partial charge is 0.330 e. The Labute approximate surface area is 173 Å². The number of benzene rings is 2. The van der Waals surface area contributed by atoms with Crippen LogP contribution in [0, 0.1) is 0 Å². The minimum Gasteiger partial charge on any atom is -0.454 e. The van der Waals surface area contributed by atoms with Crippen molar-refractivity contribution in [3.05, 3.63) is 66.2 Å². The summed E-state index contributed by atoms with van der Waals surface area (Å²) in [5, 5.41) is 0. The summed E-state index contributed by atoms with van der Waals surface area (Å²) in [4.78, 5) is 40.4. The first-order valence-corrected chi connectivity index (χ1v) is 10.5. The molecule has 2 aromatic carbocycles. The SMILES string of the molecule is CN(C(=O)COC(=O)[C@@H]1CS[C@@]2(c3ccccc3)CCC(=O)N12)c1ccccc1. The molecule has 2 amide bonds. The third kappa shape index (κ3) is 3.51. The lowest BCUT2D eigenvalue weighted by molar-refractivity contribution is -0.156. The number of carbonyl (C=O) groups is 3. The van der Waals surface area contributed by atoms with Crippen molar-refractivity contribution >= 4 is 35.2 Å². The van der Waals surface area contributed by atoms with Crippen molar-refractivity contribution < 1.29 is 19.1 Å². The summed E-state index contributed by atoms with van der Waals surface area (Å²) in [6.07, 6.45) is 1.07. The Morgan fingerprint density at radius 3 is 2.48 bits per heavy atom. The number of hydrogen-bond donors (Lipinski definition) is 0. The first-order chi connectivity index (χ1) is 14.0. The summed E-state index contributed by atoms with van der Waals surface area (Å²) in [7, 11) is 1.64. The van der Waals surface area contributed by atoms with E-state index in [4.69, 9.17) is 4.74 Å². The van der Waals surface area contributed by atoms with E-state index in [1.165, 1.54) is 4.90 Å². The minimum absolute atomic E-state index is 0.0477. The fourth-order valence-corrected chi connectivity index (χ4v) is 5.57. The highest BCUT2D eigenvalue weighted by Crippen LogP contribution is 2.54. The van der Waals surface area contributed by atoms with E-state index in [0.29, 0.717) is 18.6 Å². The number of anilines is 1. The third-order valence-electron chi connectivity index (χ3n) is 5.48. The van der Waals surface area contributed by atoms with Gasteiger partial charge in [-0.15, -0.1) is 11.8 Å². The van der Waals surface area contributed by atoms with Crippen LogP contribution in [0.1, 0.15) is 18.4 Å². The lowest BCUT2D eigenvalue weighted by atomic mass is 10.0. The molecular weight excluding hydrogens is 388 g/mol. The van der Waals surface area contributed by atoms with E-state index < -0.39 is 16.9 Å². The van der Waals surface area contributed by atoms with Gasteiger partial charge in [-0.2, -0.15) is 0 Å². The maximum atomic E-state index is 12.8. The number of esters is 1. The van der Waals surface area contributed by atoms with Crippen LogP contribution in [0.2, 0.25) is 0 Å². The molecule has 2 atom stereocenters. The summed E-state index contributed by atoms with van der Waals surface area (Å²) >= 11 is 1.60. The van der Waals surface area contributed by atoms with Gasteiger partial charge in [0.15, 0.2) is 6.61 Å². The number of fused-ring (bicyclic) bond motifs is 1. The zero-order valence-corrected chi connectivity index (χ0v) is 16.9. The number of thioether (sulfide) groups is 1. The van der Waals surface area contributed by atoms with E-state index in [9.17, 15) is 14.4 Å². The van der Waals surface area contributed by atoms with Gasteiger partial charge in [-0.3, -0.25) is 9.59 Å². The van der Waals surface area contributed by atoms with Gasteiger partial charge in [-0.05, 0) is 24.1 Å². The molecule has 0 bridgehead atoms. The normalized spacial score (nSPS) is 23.0. The van der Waals surface area contributed by atoms with E-state index in [0.717, 1.165) is 11.3 Å². The van der Waals surface area contributed by atoms with Crippen LogP contribution in [0.15, 0.2) is 60.7 Å². The molecule has 4 rings (SSSR count). The maximum absolute atomic E-state index is 12.8. The highest BCUT2D eigenvalue weighted by Gasteiger charge is 2.57. The highest BCUT2D eigenvalue weighted by atomic mass is 32.2. The van der Waals surface area contributed by atoms with Crippen molar-refractivity contribution in [2.75, 3.05) is 24.3 Å². The Bertz CT molecular complexity index is 921. The fraction of sp³-hybridized carbons (Fsp3) is 0.318. The summed E-state index contributed by atoms with van der Waals surface area (Å²) < 4.78 is 5.33. The van der Waals surface area contributed by atoms with E-state index in [1.54, 1.807) is 23.7 Å². The Morgan fingerprint density at radius 2 is 1.79 bits per heavy atom. The van der Waals surface area contributed by atoms with Crippen LogP contribution in [-0.2, 0) is 24.0 Å². The molecular formula is C22H22N2O4S. The van der Waals surface area contributed by atoms with Gasteiger partial charge in [0, 0.05) is 24.9 Å². The highest BCUT2D eigenvalue weighted by molar-refractivity contribution is 8.00. The van der Waals surface area contributed by atoms with Gasteiger partial charge in [0.05, 0.1) is 0 Å². The predicted octanol–water partition coefficient (Wildman–Crippen LogP) is 2.78. The molecule has 2 heterocycles. The number of hydrogen-bond acceptors (Lipinski definition) is 5. The summed E-state index contributed by atoms with van der Waals surface area (Å²) in [6.45, 7) is -0.355. The molecule has 0 unspecified atom stereocenters. The molecule has 2 aromatic rings. The molecule has 2 aliphatic rings. The molecule has 0 saturated carbocycles. The number of amides is 2. The Hall–Kier alpha value is -2.80. The molecule has 2 saturated heterocycles. The van der Waals surface area contributed by atoms with Gasteiger partial charge in [0.2, 0.25) is 5.91 Å². The number of ether oxygens (including phenoxy) is 1. The van der Waals surface area contributed by atoms with Crippen molar-refractivity contribution in [2.45, 2.75) is 23.8 Å². The topological polar surface area (TPSA) is 66.9 Å².